The van der Waals surface area contributed by atoms with Gasteiger partial charge in [0.2, 0.25) is 0 Å². The average Bonchev–Trinajstić information content (AvgIpc) is 2.68. The summed E-state index contributed by atoms with van der Waals surface area (Å²) in [5.74, 6) is -1.02. The minimum Gasteiger partial charge on any atom is -0.508 e. The van der Waals surface area contributed by atoms with Crippen molar-refractivity contribution in [2.45, 2.75) is 6.18 Å². The van der Waals surface area contributed by atoms with E-state index in [1.165, 1.54) is 30.3 Å². The van der Waals surface area contributed by atoms with Crippen LogP contribution in [0.4, 0.5) is 24.5 Å². The highest BCUT2D eigenvalue weighted by Gasteiger charge is 2.30. The molecule has 3 aromatic rings. The number of hydrogen-bond donors (Lipinski definition) is 2. The van der Waals surface area contributed by atoms with Gasteiger partial charge >= 0.3 is 6.18 Å². The zero-order valence-electron chi connectivity index (χ0n) is 14.6. The van der Waals surface area contributed by atoms with Gasteiger partial charge in [-0.2, -0.15) is 13.2 Å². The van der Waals surface area contributed by atoms with E-state index >= 15 is 0 Å². The highest BCUT2D eigenvalue weighted by molar-refractivity contribution is 6.09. The molecule has 0 radical (unpaired) electrons. The molecule has 3 aromatic carbocycles. The van der Waals surface area contributed by atoms with Crippen molar-refractivity contribution < 1.29 is 28.0 Å². The van der Waals surface area contributed by atoms with Crippen molar-refractivity contribution >= 4 is 17.3 Å². The van der Waals surface area contributed by atoms with Crippen LogP contribution < -0.4 is 5.32 Å². The van der Waals surface area contributed by atoms with Gasteiger partial charge in [-0.15, -0.1) is 0 Å². The van der Waals surface area contributed by atoms with Crippen molar-refractivity contribution in [3.8, 4) is 16.9 Å². The zero-order valence-corrected chi connectivity index (χ0v) is 14.6. The number of nitrogens with zero attached hydrogens (tertiary/aromatic N) is 1. The molecule has 2 N–H and O–H groups in total. The first-order chi connectivity index (χ1) is 13.7. The molecule has 0 aliphatic rings. The van der Waals surface area contributed by atoms with Crippen LogP contribution in [0.3, 0.4) is 0 Å². The van der Waals surface area contributed by atoms with Crippen molar-refractivity contribution in [2.75, 3.05) is 5.32 Å². The van der Waals surface area contributed by atoms with Gasteiger partial charge in [0.1, 0.15) is 11.4 Å². The van der Waals surface area contributed by atoms with Gasteiger partial charge in [0.15, 0.2) is 0 Å². The van der Waals surface area contributed by atoms with Crippen LogP contribution in [0, 0.1) is 10.1 Å². The Morgan fingerprint density at radius 3 is 2.28 bits per heavy atom. The molecule has 3 rings (SSSR count). The molecule has 0 aliphatic heterocycles. The number of phenols is 1. The molecule has 1 amide bonds. The molecule has 0 atom stereocenters. The van der Waals surface area contributed by atoms with Crippen molar-refractivity contribution in [3.63, 3.8) is 0 Å². The lowest BCUT2D eigenvalue weighted by atomic mass is 9.98. The quantitative estimate of drug-likeness (QED) is 0.355. The predicted octanol–water partition coefficient (Wildman–Crippen LogP) is 5.24. The van der Waals surface area contributed by atoms with Crippen LogP contribution in [0.2, 0.25) is 0 Å². The van der Waals surface area contributed by atoms with Gasteiger partial charge in [-0.05, 0) is 41.5 Å². The van der Waals surface area contributed by atoms with Crippen LogP contribution in [0.5, 0.6) is 5.75 Å². The molecule has 0 bridgehead atoms. The zero-order chi connectivity index (χ0) is 21.2. The summed E-state index contributed by atoms with van der Waals surface area (Å²) in [6, 6.07) is 13.8. The first kappa shape index (κ1) is 19.9. The summed E-state index contributed by atoms with van der Waals surface area (Å²) in [5, 5.41) is 23.0. The van der Waals surface area contributed by atoms with Crippen molar-refractivity contribution in [1.82, 2.24) is 0 Å². The fraction of sp³-hybridized carbons (Fsp3) is 0.0500. The third kappa shape index (κ3) is 4.34. The normalized spacial score (nSPS) is 11.1. The molecule has 0 aromatic heterocycles. The Balaban J connectivity index is 1.95. The second-order valence-corrected chi connectivity index (χ2v) is 6.03. The molecule has 0 saturated carbocycles. The van der Waals surface area contributed by atoms with Gasteiger partial charge in [0, 0.05) is 5.56 Å². The van der Waals surface area contributed by atoms with E-state index in [1.807, 2.05) is 0 Å². The van der Waals surface area contributed by atoms with E-state index in [1.54, 1.807) is 18.2 Å². The molecule has 9 heteroatoms. The maximum atomic E-state index is 12.8. The van der Waals surface area contributed by atoms with Gasteiger partial charge in [-0.1, -0.05) is 30.3 Å². The minimum atomic E-state index is -4.48. The summed E-state index contributed by atoms with van der Waals surface area (Å²) in [5.41, 5.74) is -0.577. The third-order valence-electron chi connectivity index (χ3n) is 4.12. The molecular formula is C20H13F3N2O4. The van der Waals surface area contributed by atoms with Crippen molar-refractivity contribution in [1.29, 1.82) is 0 Å². The number of nitrogens with one attached hydrogen (secondary N) is 1. The van der Waals surface area contributed by atoms with Crippen LogP contribution in [0.1, 0.15) is 15.9 Å². The van der Waals surface area contributed by atoms with Gasteiger partial charge in [-0.3, -0.25) is 14.9 Å². The molecule has 0 saturated heterocycles. The number of aromatic hydroxyl groups is 1. The van der Waals surface area contributed by atoms with Crippen LogP contribution in [-0.4, -0.2) is 15.9 Å². The van der Waals surface area contributed by atoms with Crippen LogP contribution in [0.25, 0.3) is 11.1 Å². The molecule has 0 spiro atoms. The summed E-state index contributed by atoms with van der Waals surface area (Å²) in [6.45, 7) is 0. The number of nitro benzene ring substituents is 1. The fourth-order valence-corrected chi connectivity index (χ4v) is 2.74. The molecule has 0 aliphatic carbocycles. The maximum absolute atomic E-state index is 12.8. The van der Waals surface area contributed by atoms with Crippen LogP contribution in [-0.2, 0) is 6.18 Å². The highest BCUT2D eigenvalue weighted by atomic mass is 19.4. The van der Waals surface area contributed by atoms with E-state index < -0.39 is 28.3 Å². The average molecular weight is 402 g/mol. The number of hydrogen-bond acceptors (Lipinski definition) is 4. The molecule has 0 unspecified atom stereocenters. The molecule has 148 valence electrons. The Hall–Kier alpha value is -3.88. The second-order valence-electron chi connectivity index (χ2n) is 6.03. The molecular weight excluding hydrogens is 389 g/mol. The lowest BCUT2D eigenvalue weighted by Crippen LogP contribution is -2.14. The van der Waals surface area contributed by atoms with E-state index in [2.05, 4.69) is 5.32 Å². The number of rotatable bonds is 4. The summed E-state index contributed by atoms with van der Waals surface area (Å²) in [7, 11) is 0. The van der Waals surface area contributed by atoms with Gasteiger partial charge < -0.3 is 10.4 Å². The number of nitro groups is 1. The summed E-state index contributed by atoms with van der Waals surface area (Å²) < 4.78 is 38.3. The summed E-state index contributed by atoms with van der Waals surface area (Å²) in [6.07, 6.45) is -4.48. The number of phenolic OH excluding ortho intramolecular Hbond substituents is 1. The first-order valence-electron chi connectivity index (χ1n) is 8.22. The number of halogens is 3. The number of alkyl halides is 3. The van der Waals surface area contributed by atoms with E-state index in [0.29, 0.717) is 11.1 Å². The maximum Gasteiger partial charge on any atom is 0.416 e. The molecule has 6 nitrogen and oxygen atoms in total. The Bertz CT molecular complexity index is 1080. The number of anilines is 1. The second kappa shape index (κ2) is 7.63. The van der Waals surface area contributed by atoms with E-state index in [9.17, 15) is 33.2 Å². The van der Waals surface area contributed by atoms with E-state index in [-0.39, 0.29) is 17.0 Å². The topological polar surface area (TPSA) is 92.5 Å². The number of benzene rings is 3. The fourth-order valence-electron chi connectivity index (χ4n) is 2.74. The Labute approximate surface area is 162 Å². The Morgan fingerprint density at radius 2 is 1.66 bits per heavy atom. The predicted molar refractivity (Wildman–Crippen MR) is 99.6 cm³/mol. The van der Waals surface area contributed by atoms with Crippen molar-refractivity contribution in [3.05, 3.63) is 88.0 Å². The summed E-state index contributed by atoms with van der Waals surface area (Å²) >= 11 is 0. The Morgan fingerprint density at radius 1 is 1.00 bits per heavy atom. The molecule has 0 heterocycles. The molecule has 29 heavy (non-hydrogen) atoms. The lowest BCUT2D eigenvalue weighted by molar-refractivity contribution is -0.384. The minimum absolute atomic E-state index is 0.120. The standard InChI is InChI=1S/C20H13F3N2O4/c21-20(22,23)13-7-5-12(6-8-13)15-3-1-2-4-16(15)19(27)24-17-10-9-14(26)11-18(17)25(28)29/h1-11,26H,(H,24,27). The van der Waals surface area contributed by atoms with Crippen LogP contribution >= 0.6 is 0 Å². The van der Waals surface area contributed by atoms with Gasteiger partial charge in [0.25, 0.3) is 11.6 Å². The van der Waals surface area contributed by atoms with Gasteiger partial charge in [0.05, 0.1) is 16.6 Å². The van der Waals surface area contributed by atoms with Gasteiger partial charge in [-0.25, -0.2) is 0 Å². The van der Waals surface area contributed by atoms with E-state index in [0.717, 1.165) is 18.2 Å². The molecule has 0 fully saturated rings. The monoisotopic (exact) mass is 402 g/mol. The van der Waals surface area contributed by atoms with E-state index in [4.69, 9.17) is 0 Å². The highest BCUT2D eigenvalue weighted by Crippen LogP contribution is 2.33. The third-order valence-corrected chi connectivity index (χ3v) is 4.12. The van der Waals surface area contributed by atoms with Crippen molar-refractivity contribution in [2.24, 2.45) is 0 Å². The lowest BCUT2D eigenvalue weighted by Gasteiger charge is -2.12. The SMILES string of the molecule is O=C(Nc1ccc(O)cc1[N+](=O)[O-])c1ccccc1-c1ccc(C(F)(F)F)cc1. The number of carbonyl (C=O) groups excluding carboxylic acids is 1. The summed E-state index contributed by atoms with van der Waals surface area (Å²) in [4.78, 5) is 23.1. The van der Waals surface area contributed by atoms with Crippen LogP contribution in [0.15, 0.2) is 66.7 Å². The Kier molecular flexibility index (Phi) is 5.22. The largest absolute Gasteiger partial charge is 0.508 e. The number of carbonyl (C=O) groups is 1. The first-order valence-corrected chi connectivity index (χ1v) is 8.22. The smallest absolute Gasteiger partial charge is 0.416 e. The number of amides is 1.